The molecular formula is C12H15NO5S. The van der Waals surface area contributed by atoms with Crippen molar-refractivity contribution in [1.29, 1.82) is 0 Å². The van der Waals surface area contributed by atoms with Crippen LogP contribution in [0.5, 0.6) is 0 Å². The van der Waals surface area contributed by atoms with Crippen molar-refractivity contribution in [3.63, 3.8) is 0 Å². The van der Waals surface area contributed by atoms with Crippen LogP contribution in [0.3, 0.4) is 0 Å². The van der Waals surface area contributed by atoms with E-state index < -0.39 is 16.0 Å². The second-order valence-electron chi connectivity index (χ2n) is 4.27. The van der Waals surface area contributed by atoms with Gasteiger partial charge in [0.2, 0.25) is 10.0 Å². The van der Waals surface area contributed by atoms with E-state index in [1.54, 1.807) is 12.1 Å². The van der Waals surface area contributed by atoms with Crippen LogP contribution in [0.15, 0.2) is 24.3 Å². The lowest BCUT2D eigenvalue weighted by atomic mass is 10.1. The molecule has 1 heterocycles. The lowest BCUT2D eigenvalue weighted by Crippen LogP contribution is -2.41. The second-order valence-corrected chi connectivity index (χ2v) is 6.24. The summed E-state index contributed by atoms with van der Waals surface area (Å²) in [5, 5.41) is 8.88. The van der Waals surface area contributed by atoms with Gasteiger partial charge in [0.1, 0.15) is 0 Å². The number of benzene rings is 1. The highest BCUT2D eigenvalue weighted by Gasteiger charge is 2.24. The number of carboxylic acid groups (broad SMARTS) is 1. The molecule has 0 bridgehead atoms. The van der Waals surface area contributed by atoms with Crippen LogP contribution in [0.25, 0.3) is 0 Å². The van der Waals surface area contributed by atoms with Crippen molar-refractivity contribution in [1.82, 2.24) is 4.31 Å². The zero-order valence-electron chi connectivity index (χ0n) is 10.3. The van der Waals surface area contributed by atoms with E-state index in [4.69, 9.17) is 9.84 Å². The van der Waals surface area contributed by atoms with Gasteiger partial charge in [0.05, 0.1) is 24.5 Å². The van der Waals surface area contributed by atoms with Crippen molar-refractivity contribution in [3.8, 4) is 0 Å². The molecule has 6 nitrogen and oxygen atoms in total. The molecule has 0 amide bonds. The first-order chi connectivity index (χ1) is 8.99. The fraction of sp³-hybridized carbons (Fsp3) is 0.417. The topological polar surface area (TPSA) is 83.9 Å². The van der Waals surface area contributed by atoms with Gasteiger partial charge in [-0.1, -0.05) is 12.1 Å². The Bertz CT molecular complexity index is 563. The molecule has 1 aromatic carbocycles. The summed E-state index contributed by atoms with van der Waals surface area (Å²) in [5.74, 6) is -1.25. The number of carboxylic acids is 1. The summed E-state index contributed by atoms with van der Waals surface area (Å²) < 4.78 is 30.8. The van der Waals surface area contributed by atoms with Crippen LogP contribution in [0.2, 0.25) is 0 Å². The van der Waals surface area contributed by atoms with Crippen LogP contribution >= 0.6 is 0 Å². The molecule has 104 valence electrons. The molecule has 19 heavy (non-hydrogen) atoms. The maximum Gasteiger partial charge on any atom is 0.335 e. The number of sulfonamides is 1. The van der Waals surface area contributed by atoms with Gasteiger partial charge >= 0.3 is 5.97 Å². The summed E-state index contributed by atoms with van der Waals surface area (Å²) in [6, 6.07) is 5.99. The zero-order valence-corrected chi connectivity index (χ0v) is 11.1. The third-order valence-electron chi connectivity index (χ3n) is 2.89. The number of rotatable bonds is 4. The molecule has 1 aromatic rings. The Morgan fingerprint density at radius 3 is 2.63 bits per heavy atom. The SMILES string of the molecule is O=C(O)c1cccc(CS(=O)(=O)N2CCOCC2)c1. The van der Waals surface area contributed by atoms with Gasteiger partial charge in [0.15, 0.2) is 0 Å². The summed E-state index contributed by atoms with van der Waals surface area (Å²) >= 11 is 0. The predicted octanol–water partition coefficient (Wildman–Crippen LogP) is 0.547. The van der Waals surface area contributed by atoms with Crippen molar-refractivity contribution in [3.05, 3.63) is 35.4 Å². The second kappa shape index (κ2) is 5.68. The molecule has 0 aromatic heterocycles. The van der Waals surface area contributed by atoms with E-state index in [-0.39, 0.29) is 11.3 Å². The maximum absolute atomic E-state index is 12.2. The molecule has 0 saturated carbocycles. The molecule has 1 saturated heterocycles. The van der Waals surface area contributed by atoms with Crippen LogP contribution < -0.4 is 0 Å². The Balaban J connectivity index is 2.15. The van der Waals surface area contributed by atoms with E-state index in [0.717, 1.165) is 0 Å². The minimum Gasteiger partial charge on any atom is -0.478 e. The van der Waals surface area contributed by atoms with Crippen molar-refractivity contribution in [2.75, 3.05) is 26.3 Å². The van der Waals surface area contributed by atoms with Crippen LogP contribution in [0.4, 0.5) is 0 Å². The number of hydrogen-bond donors (Lipinski definition) is 1. The summed E-state index contributed by atoms with van der Waals surface area (Å²) in [4.78, 5) is 10.8. The van der Waals surface area contributed by atoms with Gasteiger partial charge in [-0.25, -0.2) is 13.2 Å². The summed E-state index contributed by atoms with van der Waals surface area (Å²) in [5.41, 5.74) is 0.570. The molecule has 1 aliphatic rings. The third-order valence-corrected chi connectivity index (χ3v) is 4.74. The summed E-state index contributed by atoms with van der Waals surface area (Å²) in [6.07, 6.45) is 0. The highest BCUT2D eigenvalue weighted by Crippen LogP contribution is 2.14. The molecule has 0 spiro atoms. The van der Waals surface area contributed by atoms with Gasteiger partial charge in [-0.2, -0.15) is 4.31 Å². The van der Waals surface area contributed by atoms with Gasteiger partial charge in [-0.15, -0.1) is 0 Å². The van der Waals surface area contributed by atoms with Crippen LogP contribution in [0.1, 0.15) is 15.9 Å². The van der Waals surface area contributed by atoms with E-state index >= 15 is 0 Å². The molecule has 0 atom stereocenters. The monoisotopic (exact) mass is 285 g/mol. The molecule has 0 aliphatic carbocycles. The highest BCUT2D eigenvalue weighted by atomic mass is 32.2. The number of hydrogen-bond acceptors (Lipinski definition) is 4. The van der Waals surface area contributed by atoms with Gasteiger partial charge in [0, 0.05) is 13.1 Å². The lowest BCUT2D eigenvalue weighted by Gasteiger charge is -2.26. The average molecular weight is 285 g/mol. The molecule has 1 N–H and O–H groups in total. The fourth-order valence-corrected chi connectivity index (χ4v) is 3.41. The Labute approximate surface area is 111 Å². The molecule has 0 radical (unpaired) electrons. The van der Waals surface area contributed by atoms with Crippen LogP contribution in [-0.4, -0.2) is 50.1 Å². The predicted molar refractivity (Wildman–Crippen MR) is 68.4 cm³/mol. The highest BCUT2D eigenvalue weighted by molar-refractivity contribution is 7.88. The number of carbonyl (C=O) groups is 1. The Morgan fingerprint density at radius 2 is 2.00 bits per heavy atom. The molecule has 1 fully saturated rings. The van der Waals surface area contributed by atoms with Gasteiger partial charge in [-0.3, -0.25) is 0 Å². The van der Waals surface area contributed by atoms with Crippen LogP contribution in [-0.2, 0) is 20.5 Å². The number of nitrogens with zero attached hydrogens (tertiary/aromatic N) is 1. The van der Waals surface area contributed by atoms with E-state index in [9.17, 15) is 13.2 Å². The van der Waals surface area contributed by atoms with E-state index in [0.29, 0.717) is 31.9 Å². The first kappa shape index (κ1) is 14.0. The van der Waals surface area contributed by atoms with Crippen LogP contribution in [0, 0.1) is 0 Å². The van der Waals surface area contributed by atoms with Gasteiger partial charge in [0.25, 0.3) is 0 Å². The first-order valence-electron chi connectivity index (χ1n) is 5.87. The maximum atomic E-state index is 12.2. The Morgan fingerprint density at radius 1 is 1.32 bits per heavy atom. The summed E-state index contributed by atoms with van der Waals surface area (Å²) in [7, 11) is -3.42. The van der Waals surface area contributed by atoms with Crippen molar-refractivity contribution in [2.45, 2.75) is 5.75 Å². The average Bonchev–Trinajstić information content (AvgIpc) is 2.39. The van der Waals surface area contributed by atoms with Crippen molar-refractivity contribution >= 4 is 16.0 Å². The minimum atomic E-state index is -3.42. The fourth-order valence-electron chi connectivity index (χ4n) is 1.92. The molecular weight excluding hydrogens is 270 g/mol. The first-order valence-corrected chi connectivity index (χ1v) is 7.48. The van der Waals surface area contributed by atoms with E-state index in [1.165, 1.54) is 16.4 Å². The standard InChI is InChI=1S/C12H15NO5S/c14-12(15)11-3-1-2-10(8-11)9-19(16,17)13-4-6-18-7-5-13/h1-3,8H,4-7,9H2,(H,14,15). The molecule has 7 heteroatoms. The number of morpholine rings is 1. The van der Waals surface area contributed by atoms with Crippen molar-refractivity contribution < 1.29 is 23.1 Å². The zero-order chi connectivity index (χ0) is 13.9. The lowest BCUT2D eigenvalue weighted by molar-refractivity contribution is 0.0696. The van der Waals surface area contributed by atoms with Crippen molar-refractivity contribution in [2.24, 2.45) is 0 Å². The molecule has 1 aliphatic heterocycles. The molecule has 2 rings (SSSR count). The Hall–Kier alpha value is -1.44. The smallest absolute Gasteiger partial charge is 0.335 e. The van der Waals surface area contributed by atoms with E-state index in [1.807, 2.05) is 0 Å². The Kier molecular flexibility index (Phi) is 4.18. The number of aromatic carboxylic acids is 1. The van der Waals surface area contributed by atoms with Gasteiger partial charge < -0.3 is 9.84 Å². The largest absolute Gasteiger partial charge is 0.478 e. The quantitative estimate of drug-likeness (QED) is 0.873. The normalized spacial score (nSPS) is 17.3. The van der Waals surface area contributed by atoms with E-state index in [2.05, 4.69) is 0 Å². The molecule has 0 unspecified atom stereocenters. The van der Waals surface area contributed by atoms with Gasteiger partial charge in [-0.05, 0) is 17.7 Å². The summed E-state index contributed by atoms with van der Waals surface area (Å²) in [6.45, 7) is 1.49. The number of ether oxygens (including phenoxy) is 1. The third kappa shape index (κ3) is 3.52. The minimum absolute atomic E-state index is 0.0923.